The summed E-state index contributed by atoms with van der Waals surface area (Å²) in [5, 5.41) is 9.00. The van der Waals surface area contributed by atoms with Gasteiger partial charge in [-0.2, -0.15) is 4.98 Å². The Hall–Kier alpha value is -2.28. The van der Waals surface area contributed by atoms with Crippen molar-refractivity contribution in [3.05, 3.63) is 52.3 Å². The number of halogens is 2. The average molecular weight is 389 g/mol. The number of H-pyrrole nitrogens is 2. The van der Waals surface area contributed by atoms with Gasteiger partial charge in [0.25, 0.3) is 0 Å². The second-order valence-electron chi connectivity index (χ2n) is 6.06. The number of pyridine rings is 1. The first-order chi connectivity index (χ1) is 12.7. The number of nitrogens with zero attached hydrogens (tertiary/aromatic N) is 2. The molecule has 0 saturated carbocycles. The molecule has 0 fully saturated rings. The molecule has 0 unspecified atom stereocenters. The molecule has 0 atom stereocenters. The molecule has 0 aliphatic heterocycles. The van der Waals surface area contributed by atoms with E-state index in [0.717, 1.165) is 59.8 Å². The van der Waals surface area contributed by atoms with Crippen LogP contribution < -0.4 is 10.6 Å². The monoisotopic (exact) mass is 388 g/mol. The lowest BCUT2D eigenvalue weighted by Gasteiger charge is -2.04. The molecule has 26 heavy (non-hydrogen) atoms. The highest BCUT2D eigenvalue weighted by Crippen LogP contribution is 2.28. The fourth-order valence-electron chi connectivity index (χ4n) is 2.89. The summed E-state index contributed by atoms with van der Waals surface area (Å²) < 4.78 is 0. The van der Waals surface area contributed by atoms with Crippen LogP contribution in [-0.2, 0) is 6.54 Å². The molecule has 0 saturated heterocycles. The first kappa shape index (κ1) is 17.1. The molecule has 3 heterocycles. The molecule has 0 spiro atoms. The van der Waals surface area contributed by atoms with Gasteiger partial charge in [0.1, 0.15) is 0 Å². The van der Waals surface area contributed by atoms with Crippen molar-refractivity contribution in [1.82, 2.24) is 25.3 Å². The molecule has 0 aliphatic rings. The van der Waals surface area contributed by atoms with Crippen LogP contribution >= 0.6 is 23.2 Å². The fraction of sp³-hybridized carbons (Fsp3) is 0.222. The van der Waals surface area contributed by atoms with Gasteiger partial charge in [0.15, 0.2) is 5.65 Å². The van der Waals surface area contributed by atoms with Gasteiger partial charge in [0.2, 0.25) is 5.95 Å². The van der Waals surface area contributed by atoms with Crippen LogP contribution in [0.4, 0.5) is 5.95 Å². The van der Waals surface area contributed by atoms with E-state index in [1.165, 1.54) is 0 Å². The van der Waals surface area contributed by atoms with Crippen molar-refractivity contribution in [1.29, 1.82) is 0 Å². The first-order valence-corrected chi connectivity index (χ1v) is 9.16. The topological polar surface area (TPSA) is 81.4 Å². The number of hydrogen-bond donors (Lipinski definition) is 4. The Bertz CT molecular complexity index is 1010. The number of rotatable bonds is 7. The third-order valence-electron chi connectivity index (χ3n) is 4.10. The fourth-order valence-corrected chi connectivity index (χ4v) is 3.43. The van der Waals surface area contributed by atoms with Crippen LogP contribution in [0.15, 0.2) is 36.5 Å². The van der Waals surface area contributed by atoms with Gasteiger partial charge in [-0.25, -0.2) is 4.98 Å². The number of nitrogens with one attached hydrogen (secondary N) is 4. The van der Waals surface area contributed by atoms with E-state index in [2.05, 4.69) is 36.6 Å². The minimum Gasteiger partial charge on any atom is -0.357 e. The van der Waals surface area contributed by atoms with Crippen LogP contribution in [0.5, 0.6) is 0 Å². The zero-order valence-corrected chi connectivity index (χ0v) is 15.5. The number of aromatic amines is 2. The van der Waals surface area contributed by atoms with E-state index in [1.807, 2.05) is 18.2 Å². The van der Waals surface area contributed by atoms with Gasteiger partial charge in [-0.05, 0) is 43.3 Å². The van der Waals surface area contributed by atoms with Gasteiger partial charge in [-0.15, -0.1) is 0 Å². The van der Waals surface area contributed by atoms with Crippen LogP contribution in [0.3, 0.4) is 0 Å². The summed E-state index contributed by atoms with van der Waals surface area (Å²) in [6.45, 7) is 2.45. The molecular formula is C18H18Cl2N6. The van der Waals surface area contributed by atoms with Gasteiger partial charge in [-0.3, -0.25) is 0 Å². The van der Waals surface area contributed by atoms with E-state index in [4.69, 9.17) is 23.2 Å². The summed E-state index contributed by atoms with van der Waals surface area (Å²) in [5.74, 6) is 0.751. The predicted octanol–water partition coefficient (Wildman–Crippen LogP) is 4.34. The number of anilines is 1. The Kier molecular flexibility index (Phi) is 4.97. The molecule has 0 radical (unpaired) electrons. The lowest BCUT2D eigenvalue weighted by molar-refractivity contribution is 0.655. The Balaban J connectivity index is 1.23. The summed E-state index contributed by atoms with van der Waals surface area (Å²) in [5.41, 5.74) is 3.70. The van der Waals surface area contributed by atoms with Crippen LogP contribution in [-0.4, -0.2) is 33.0 Å². The van der Waals surface area contributed by atoms with E-state index >= 15 is 0 Å². The molecule has 3 aromatic heterocycles. The molecule has 4 rings (SSSR count). The van der Waals surface area contributed by atoms with Crippen molar-refractivity contribution in [2.45, 2.75) is 13.0 Å². The summed E-state index contributed by atoms with van der Waals surface area (Å²) in [6.07, 6.45) is 2.71. The van der Waals surface area contributed by atoms with Crippen molar-refractivity contribution >= 4 is 51.2 Å². The van der Waals surface area contributed by atoms with Gasteiger partial charge >= 0.3 is 0 Å². The van der Waals surface area contributed by atoms with E-state index in [9.17, 15) is 0 Å². The molecule has 0 bridgehead atoms. The van der Waals surface area contributed by atoms with Crippen molar-refractivity contribution in [2.24, 2.45) is 0 Å². The maximum absolute atomic E-state index is 6.22. The molecule has 0 amide bonds. The minimum atomic E-state index is 0.635. The third-order valence-corrected chi connectivity index (χ3v) is 4.63. The normalized spacial score (nSPS) is 11.5. The maximum Gasteiger partial charge on any atom is 0.202 e. The van der Waals surface area contributed by atoms with Crippen LogP contribution in [0.1, 0.15) is 12.1 Å². The highest BCUT2D eigenvalue weighted by Gasteiger charge is 2.06. The van der Waals surface area contributed by atoms with Gasteiger partial charge < -0.3 is 20.6 Å². The molecule has 0 aliphatic carbocycles. The van der Waals surface area contributed by atoms with Gasteiger partial charge in [0.05, 0.1) is 10.5 Å². The SMILES string of the molecule is Clc1cc(Cl)c2cc(CNCCCNc3nc4ncccc4[nH]3)[nH]c2c1. The number of aromatic nitrogens is 4. The quantitative estimate of drug-likeness (QED) is 0.355. The zero-order valence-electron chi connectivity index (χ0n) is 13.9. The van der Waals surface area contributed by atoms with E-state index < -0.39 is 0 Å². The summed E-state index contributed by atoms with van der Waals surface area (Å²) in [4.78, 5) is 15.1. The highest BCUT2D eigenvalue weighted by atomic mass is 35.5. The number of hydrogen-bond acceptors (Lipinski definition) is 4. The molecule has 4 N–H and O–H groups in total. The van der Waals surface area contributed by atoms with Gasteiger partial charge in [-0.1, -0.05) is 23.2 Å². The number of fused-ring (bicyclic) bond motifs is 2. The number of benzene rings is 1. The zero-order chi connectivity index (χ0) is 17.9. The molecular weight excluding hydrogens is 371 g/mol. The second-order valence-corrected chi connectivity index (χ2v) is 6.90. The van der Waals surface area contributed by atoms with Gasteiger partial charge in [0, 0.05) is 40.9 Å². The standard InChI is InChI=1S/C18H18Cl2N6/c19-11-7-14(20)13-9-12(24-16(13)8-11)10-21-4-2-6-23-18-25-15-3-1-5-22-17(15)26-18/h1,3,5,7-9,21,24H,2,4,6,10H2,(H2,22,23,25,26). The third kappa shape index (κ3) is 3.77. The predicted molar refractivity (Wildman–Crippen MR) is 107 cm³/mol. The lowest BCUT2D eigenvalue weighted by Crippen LogP contribution is -2.18. The van der Waals surface area contributed by atoms with Crippen LogP contribution in [0.25, 0.3) is 22.1 Å². The molecule has 4 aromatic rings. The average Bonchev–Trinajstić information content (AvgIpc) is 3.21. The van der Waals surface area contributed by atoms with Crippen molar-refractivity contribution < 1.29 is 0 Å². The van der Waals surface area contributed by atoms with Crippen molar-refractivity contribution in [3.8, 4) is 0 Å². The maximum atomic E-state index is 6.22. The number of imidazole rings is 1. The second kappa shape index (κ2) is 7.53. The molecule has 6 nitrogen and oxygen atoms in total. The van der Waals surface area contributed by atoms with E-state index in [-0.39, 0.29) is 0 Å². The van der Waals surface area contributed by atoms with E-state index in [1.54, 1.807) is 12.3 Å². The van der Waals surface area contributed by atoms with Crippen LogP contribution in [0, 0.1) is 0 Å². The lowest BCUT2D eigenvalue weighted by atomic mass is 10.2. The minimum absolute atomic E-state index is 0.635. The summed E-state index contributed by atoms with van der Waals surface area (Å²) in [6, 6.07) is 9.55. The Morgan fingerprint density at radius 1 is 1.04 bits per heavy atom. The molecule has 8 heteroatoms. The molecule has 1 aromatic carbocycles. The Labute approximate surface area is 160 Å². The van der Waals surface area contributed by atoms with Crippen LogP contribution in [0.2, 0.25) is 10.0 Å². The highest BCUT2D eigenvalue weighted by molar-refractivity contribution is 6.38. The largest absolute Gasteiger partial charge is 0.357 e. The molecule has 134 valence electrons. The Morgan fingerprint density at radius 3 is 2.85 bits per heavy atom. The first-order valence-electron chi connectivity index (χ1n) is 8.41. The summed E-state index contributed by atoms with van der Waals surface area (Å²) >= 11 is 12.3. The van der Waals surface area contributed by atoms with Crippen molar-refractivity contribution in [3.63, 3.8) is 0 Å². The van der Waals surface area contributed by atoms with Crippen molar-refractivity contribution in [2.75, 3.05) is 18.4 Å². The summed E-state index contributed by atoms with van der Waals surface area (Å²) in [7, 11) is 0. The smallest absolute Gasteiger partial charge is 0.202 e. The Morgan fingerprint density at radius 2 is 1.96 bits per heavy atom. The van der Waals surface area contributed by atoms with E-state index in [0.29, 0.717) is 10.0 Å².